The number of hydrogen-bond donors (Lipinski definition) is 3. The van der Waals surface area contributed by atoms with E-state index in [1.807, 2.05) is 126 Å². The molecule has 0 saturated carbocycles. The Morgan fingerprint density at radius 1 is 0.542 bits per heavy atom. The molecule has 0 atom stereocenters. The Kier molecular flexibility index (Phi) is 13.3. The van der Waals surface area contributed by atoms with Crippen LogP contribution in [-0.2, 0) is 13.1 Å². The maximum atomic E-state index is 9.29. The number of aliphatic hydroxyl groups excluding tert-OH is 2. The molecule has 0 bridgehead atoms. The standard InChI is InChI=1S/C38H44N8O2/c47-29-27-45(28-30-48)37-21-19-35(20-22-37)41-43-38-14-6-9-26-46(38)25-8-2-1-7-23-44-24-10-13-36(31-44)42-40-34-17-15-33(16-18-34)39-32-11-4-3-5-12-32/h3-6,9-22,24,26,31,39,47-48H,1-2,7-8,23,25,27-30H2/q+2/b42-40+. The lowest BCUT2D eigenvalue weighted by Crippen LogP contribution is -2.33. The minimum atomic E-state index is 0.0291. The van der Waals surface area contributed by atoms with Gasteiger partial charge in [0.15, 0.2) is 12.4 Å². The molecular formula is C38H44N8O2+2. The van der Waals surface area contributed by atoms with Gasteiger partial charge in [-0.3, -0.25) is 0 Å². The molecule has 10 heteroatoms. The molecule has 0 aliphatic carbocycles. The number of benzene rings is 3. The van der Waals surface area contributed by atoms with E-state index in [1.165, 1.54) is 0 Å². The predicted molar refractivity (Wildman–Crippen MR) is 189 cm³/mol. The second-order valence-electron chi connectivity index (χ2n) is 11.4. The van der Waals surface area contributed by atoms with Crippen molar-refractivity contribution in [2.24, 2.45) is 20.5 Å². The Bertz CT molecular complexity index is 1720. The van der Waals surface area contributed by atoms with Crippen LogP contribution in [0.4, 0.5) is 39.9 Å². The van der Waals surface area contributed by atoms with E-state index in [4.69, 9.17) is 0 Å². The number of pyridine rings is 2. The molecule has 0 fully saturated rings. The number of rotatable bonds is 18. The summed E-state index contributed by atoms with van der Waals surface area (Å²) in [6, 6.07) is 35.6. The molecule has 3 N–H and O–H groups in total. The fraction of sp³-hybridized carbons (Fsp3) is 0.263. The predicted octanol–water partition coefficient (Wildman–Crippen LogP) is 7.89. The van der Waals surface area contributed by atoms with E-state index in [1.54, 1.807) is 0 Å². The van der Waals surface area contributed by atoms with Crippen molar-refractivity contribution >= 4 is 39.9 Å². The van der Waals surface area contributed by atoms with E-state index < -0.39 is 0 Å². The van der Waals surface area contributed by atoms with E-state index in [9.17, 15) is 10.2 Å². The van der Waals surface area contributed by atoms with Crippen molar-refractivity contribution in [2.75, 3.05) is 36.5 Å². The number of azo groups is 2. The van der Waals surface area contributed by atoms with Crippen molar-refractivity contribution in [1.82, 2.24) is 0 Å². The number of hydrogen-bond acceptors (Lipinski definition) is 8. The van der Waals surface area contributed by atoms with Crippen LogP contribution in [0.2, 0.25) is 0 Å². The summed E-state index contributed by atoms with van der Waals surface area (Å²) in [6.45, 7) is 2.79. The smallest absolute Gasteiger partial charge is 0.350 e. The van der Waals surface area contributed by atoms with Crippen LogP contribution in [0.1, 0.15) is 25.7 Å². The van der Waals surface area contributed by atoms with Gasteiger partial charge in [0.1, 0.15) is 17.9 Å². The van der Waals surface area contributed by atoms with Gasteiger partial charge in [-0.15, -0.1) is 5.11 Å². The summed E-state index contributed by atoms with van der Waals surface area (Å²) in [5.74, 6) is 0.810. The zero-order chi connectivity index (χ0) is 33.2. The molecule has 3 aromatic carbocycles. The van der Waals surface area contributed by atoms with Gasteiger partial charge in [-0.25, -0.2) is 9.13 Å². The van der Waals surface area contributed by atoms with Crippen molar-refractivity contribution in [1.29, 1.82) is 0 Å². The maximum Gasteiger partial charge on any atom is 0.350 e. The quantitative estimate of drug-likeness (QED) is 0.0512. The van der Waals surface area contributed by atoms with Crippen LogP contribution in [0.3, 0.4) is 0 Å². The highest BCUT2D eigenvalue weighted by atomic mass is 16.3. The van der Waals surface area contributed by atoms with Crippen molar-refractivity contribution in [3.63, 3.8) is 0 Å². The summed E-state index contributed by atoms with van der Waals surface area (Å²) < 4.78 is 4.31. The number of nitrogens with one attached hydrogen (secondary N) is 1. The molecule has 246 valence electrons. The molecule has 0 radical (unpaired) electrons. The maximum absolute atomic E-state index is 9.29. The summed E-state index contributed by atoms with van der Waals surface area (Å²) in [5, 5.41) is 39.8. The molecule has 2 heterocycles. The molecule has 0 aliphatic heterocycles. The van der Waals surface area contributed by atoms with E-state index >= 15 is 0 Å². The SMILES string of the molecule is OCCN(CCO)c1ccc(/N=N/c2cccc[n+]2CCCCCC[n+]2cccc(/N=N/c3ccc(Nc4ccccc4)cc3)c2)cc1. The van der Waals surface area contributed by atoms with Gasteiger partial charge in [0.05, 0.1) is 36.8 Å². The number of aliphatic hydroxyl groups is 2. The molecule has 2 aromatic heterocycles. The first-order valence-electron chi connectivity index (χ1n) is 16.5. The van der Waals surface area contributed by atoms with Crippen molar-refractivity contribution in [3.05, 3.63) is 128 Å². The lowest BCUT2D eigenvalue weighted by atomic mass is 10.2. The topological polar surface area (TPSA) is 113 Å². The Labute approximate surface area is 282 Å². The first-order chi connectivity index (χ1) is 23.7. The summed E-state index contributed by atoms with van der Waals surface area (Å²) >= 11 is 0. The second-order valence-corrected chi connectivity index (χ2v) is 11.4. The number of aryl methyl sites for hydroxylation is 2. The van der Waals surface area contributed by atoms with Crippen LogP contribution in [-0.4, -0.2) is 36.5 Å². The fourth-order valence-electron chi connectivity index (χ4n) is 5.25. The normalized spacial score (nSPS) is 11.4. The Balaban J connectivity index is 1.04. The molecule has 0 aliphatic rings. The number of para-hydroxylation sites is 1. The molecule has 48 heavy (non-hydrogen) atoms. The summed E-state index contributed by atoms with van der Waals surface area (Å²) in [7, 11) is 0. The largest absolute Gasteiger partial charge is 0.395 e. The molecule has 0 saturated heterocycles. The van der Waals surface area contributed by atoms with Crippen LogP contribution in [0, 0.1) is 0 Å². The molecule has 0 spiro atoms. The molecule has 0 amide bonds. The lowest BCUT2D eigenvalue weighted by molar-refractivity contribution is -0.697. The molecule has 10 nitrogen and oxygen atoms in total. The van der Waals surface area contributed by atoms with Gasteiger partial charge in [0.2, 0.25) is 0 Å². The first-order valence-corrected chi connectivity index (χ1v) is 16.5. The van der Waals surface area contributed by atoms with E-state index in [-0.39, 0.29) is 13.2 Å². The van der Waals surface area contributed by atoms with Gasteiger partial charge in [-0.2, -0.15) is 5.11 Å². The zero-order valence-electron chi connectivity index (χ0n) is 27.2. The average molecular weight is 645 g/mol. The monoisotopic (exact) mass is 644 g/mol. The Morgan fingerprint density at radius 2 is 1.17 bits per heavy atom. The Hall–Kier alpha value is -5.32. The zero-order valence-corrected chi connectivity index (χ0v) is 27.2. The molecule has 5 rings (SSSR count). The molecule has 5 aromatic rings. The van der Waals surface area contributed by atoms with Crippen LogP contribution in [0.25, 0.3) is 0 Å². The van der Waals surface area contributed by atoms with Crippen LogP contribution in [0.15, 0.2) is 148 Å². The highest BCUT2D eigenvalue weighted by Crippen LogP contribution is 2.23. The van der Waals surface area contributed by atoms with Crippen molar-refractivity contribution in [3.8, 4) is 0 Å². The van der Waals surface area contributed by atoms with Crippen LogP contribution < -0.4 is 19.4 Å². The highest BCUT2D eigenvalue weighted by Gasteiger charge is 2.10. The second kappa shape index (κ2) is 18.7. The number of nitrogens with zero attached hydrogens (tertiary/aromatic N) is 7. The van der Waals surface area contributed by atoms with Gasteiger partial charge >= 0.3 is 5.82 Å². The van der Waals surface area contributed by atoms with E-state index in [0.29, 0.717) is 13.1 Å². The van der Waals surface area contributed by atoms with Crippen molar-refractivity contribution < 1.29 is 19.3 Å². The van der Waals surface area contributed by atoms with Gasteiger partial charge < -0.3 is 20.4 Å². The minimum Gasteiger partial charge on any atom is -0.395 e. The third-order valence-corrected chi connectivity index (χ3v) is 7.76. The lowest BCUT2D eigenvalue weighted by Gasteiger charge is -2.22. The Morgan fingerprint density at radius 3 is 1.90 bits per heavy atom. The number of anilines is 3. The van der Waals surface area contributed by atoms with Gasteiger partial charge in [-0.1, -0.05) is 24.3 Å². The van der Waals surface area contributed by atoms with Gasteiger partial charge in [0.25, 0.3) is 0 Å². The fourth-order valence-corrected chi connectivity index (χ4v) is 5.25. The van der Waals surface area contributed by atoms with E-state index in [0.717, 1.165) is 78.7 Å². The molecule has 0 unspecified atom stereocenters. The van der Waals surface area contributed by atoms with Crippen LogP contribution >= 0.6 is 0 Å². The summed E-state index contributed by atoms with van der Waals surface area (Å²) in [6.07, 6.45) is 10.5. The summed E-state index contributed by atoms with van der Waals surface area (Å²) in [4.78, 5) is 1.93. The van der Waals surface area contributed by atoms with Gasteiger partial charge in [-0.05, 0) is 97.2 Å². The van der Waals surface area contributed by atoms with Gasteiger partial charge in [0, 0.05) is 48.7 Å². The third kappa shape index (κ3) is 10.9. The third-order valence-electron chi connectivity index (χ3n) is 7.76. The summed E-state index contributed by atoms with van der Waals surface area (Å²) in [5.41, 5.74) is 5.36. The van der Waals surface area contributed by atoms with Crippen LogP contribution in [0.5, 0.6) is 0 Å². The highest BCUT2D eigenvalue weighted by molar-refractivity contribution is 5.61. The van der Waals surface area contributed by atoms with Crippen molar-refractivity contribution in [2.45, 2.75) is 38.8 Å². The average Bonchev–Trinajstić information content (AvgIpc) is 3.13. The van der Waals surface area contributed by atoms with E-state index in [2.05, 4.69) is 41.1 Å². The molecular weight excluding hydrogens is 600 g/mol. The number of aromatic nitrogens is 2. The first kappa shape index (κ1) is 34.0. The number of unbranched alkanes of at least 4 members (excludes halogenated alkanes) is 3. The minimum absolute atomic E-state index is 0.0291.